The summed E-state index contributed by atoms with van der Waals surface area (Å²) in [5.74, 6) is 0.138. The van der Waals surface area contributed by atoms with E-state index >= 15 is 0 Å². The van der Waals surface area contributed by atoms with Crippen molar-refractivity contribution in [2.45, 2.75) is 63.7 Å². The lowest BCUT2D eigenvalue weighted by Gasteiger charge is -2.24. The van der Waals surface area contributed by atoms with Gasteiger partial charge in [-0.1, -0.05) is 62.9 Å². The molecule has 1 heterocycles. The van der Waals surface area contributed by atoms with E-state index < -0.39 is 10.0 Å². The van der Waals surface area contributed by atoms with E-state index in [2.05, 4.69) is 6.92 Å². The fourth-order valence-electron chi connectivity index (χ4n) is 3.14. The van der Waals surface area contributed by atoms with Crippen molar-refractivity contribution in [1.29, 1.82) is 0 Å². The molecule has 1 aliphatic rings. The van der Waals surface area contributed by atoms with E-state index in [1.54, 1.807) is 4.31 Å². The van der Waals surface area contributed by atoms with Crippen LogP contribution in [0.2, 0.25) is 0 Å². The third-order valence-electron chi connectivity index (χ3n) is 4.26. The molecule has 0 amide bonds. The summed E-state index contributed by atoms with van der Waals surface area (Å²) in [6.07, 6.45) is 7.90. The lowest BCUT2D eigenvalue weighted by Crippen LogP contribution is -2.36. The summed E-state index contributed by atoms with van der Waals surface area (Å²) in [6, 6.07) is 9.74. The Morgan fingerprint density at radius 2 is 1.90 bits per heavy atom. The predicted octanol–water partition coefficient (Wildman–Crippen LogP) is 3.95. The SMILES string of the molecule is CCCCCCC1CCCN1S(=O)(=O)Cc1ccccc1. The van der Waals surface area contributed by atoms with Crippen LogP contribution in [0.4, 0.5) is 0 Å². The Bertz CT molecular complexity index is 513. The molecule has 0 bridgehead atoms. The molecule has 0 aromatic heterocycles. The quantitative estimate of drug-likeness (QED) is 0.682. The second kappa shape index (κ2) is 7.95. The zero-order valence-corrected chi connectivity index (χ0v) is 13.8. The summed E-state index contributed by atoms with van der Waals surface area (Å²) in [7, 11) is -3.17. The highest BCUT2D eigenvalue weighted by molar-refractivity contribution is 7.88. The van der Waals surface area contributed by atoms with Crippen LogP contribution < -0.4 is 0 Å². The second-order valence-electron chi connectivity index (χ2n) is 6.00. The molecule has 1 saturated heterocycles. The van der Waals surface area contributed by atoms with Crippen molar-refractivity contribution in [3.05, 3.63) is 35.9 Å². The van der Waals surface area contributed by atoms with Crippen LogP contribution in [0.3, 0.4) is 0 Å². The van der Waals surface area contributed by atoms with Gasteiger partial charge < -0.3 is 0 Å². The first-order valence-electron chi connectivity index (χ1n) is 8.17. The normalized spacial score (nSPS) is 20.0. The standard InChI is InChI=1S/C17H27NO2S/c1-2-3-4-8-12-17-13-9-14-18(17)21(19,20)15-16-10-6-5-7-11-16/h5-7,10-11,17H,2-4,8-9,12-15H2,1H3. The molecule has 0 aliphatic carbocycles. The lowest BCUT2D eigenvalue weighted by molar-refractivity contribution is 0.359. The summed E-state index contributed by atoms with van der Waals surface area (Å²) in [5.41, 5.74) is 0.883. The summed E-state index contributed by atoms with van der Waals surface area (Å²) in [4.78, 5) is 0. The van der Waals surface area contributed by atoms with Crippen molar-refractivity contribution in [3.63, 3.8) is 0 Å². The van der Waals surface area contributed by atoms with E-state index in [0.717, 1.165) is 31.2 Å². The fourth-order valence-corrected chi connectivity index (χ4v) is 4.99. The first-order valence-corrected chi connectivity index (χ1v) is 9.78. The lowest BCUT2D eigenvalue weighted by atomic mass is 10.1. The molecule has 1 aromatic carbocycles. The Kier molecular flexibility index (Phi) is 6.24. The molecular formula is C17H27NO2S. The molecule has 1 aliphatic heterocycles. The monoisotopic (exact) mass is 309 g/mol. The van der Waals surface area contributed by atoms with Crippen LogP contribution in [-0.2, 0) is 15.8 Å². The van der Waals surface area contributed by atoms with E-state index in [-0.39, 0.29) is 11.8 Å². The van der Waals surface area contributed by atoms with Crippen LogP contribution in [0, 0.1) is 0 Å². The maximum Gasteiger partial charge on any atom is 0.218 e. The summed E-state index contributed by atoms with van der Waals surface area (Å²) < 4.78 is 27.0. The summed E-state index contributed by atoms with van der Waals surface area (Å²) in [5, 5.41) is 0. The Balaban J connectivity index is 1.94. The first-order chi connectivity index (χ1) is 10.1. The van der Waals surface area contributed by atoms with Gasteiger partial charge in [-0.2, -0.15) is 4.31 Å². The number of hydrogen-bond acceptors (Lipinski definition) is 2. The minimum atomic E-state index is -3.17. The highest BCUT2D eigenvalue weighted by Crippen LogP contribution is 2.27. The van der Waals surface area contributed by atoms with Gasteiger partial charge in [-0.3, -0.25) is 0 Å². The average molecular weight is 309 g/mol. The average Bonchev–Trinajstić information content (AvgIpc) is 2.94. The van der Waals surface area contributed by atoms with Gasteiger partial charge in [0.15, 0.2) is 0 Å². The Morgan fingerprint density at radius 3 is 2.62 bits per heavy atom. The van der Waals surface area contributed by atoms with E-state index in [4.69, 9.17) is 0 Å². The molecule has 0 spiro atoms. The molecule has 3 nitrogen and oxygen atoms in total. The number of rotatable bonds is 8. The minimum Gasteiger partial charge on any atom is -0.212 e. The van der Waals surface area contributed by atoms with Crippen LogP contribution in [0.15, 0.2) is 30.3 Å². The third-order valence-corrected chi connectivity index (χ3v) is 6.16. The zero-order chi connectivity index (χ0) is 15.1. The van der Waals surface area contributed by atoms with Gasteiger partial charge in [0.2, 0.25) is 10.0 Å². The number of unbranched alkanes of at least 4 members (excludes halogenated alkanes) is 3. The van der Waals surface area contributed by atoms with Crippen molar-refractivity contribution >= 4 is 10.0 Å². The van der Waals surface area contributed by atoms with Crippen LogP contribution in [0.1, 0.15) is 57.4 Å². The Morgan fingerprint density at radius 1 is 1.14 bits per heavy atom. The van der Waals surface area contributed by atoms with Crippen molar-refractivity contribution in [3.8, 4) is 0 Å². The van der Waals surface area contributed by atoms with Crippen molar-refractivity contribution in [2.75, 3.05) is 6.54 Å². The molecule has 0 saturated carbocycles. The van der Waals surface area contributed by atoms with Gasteiger partial charge in [0.1, 0.15) is 0 Å². The van der Waals surface area contributed by atoms with Gasteiger partial charge in [0.25, 0.3) is 0 Å². The molecule has 1 unspecified atom stereocenters. The van der Waals surface area contributed by atoms with E-state index in [9.17, 15) is 8.42 Å². The van der Waals surface area contributed by atoms with Crippen LogP contribution in [0.25, 0.3) is 0 Å². The molecule has 1 atom stereocenters. The fraction of sp³-hybridized carbons (Fsp3) is 0.647. The Labute approximate surface area is 129 Å². The van der Waals surface area contributed by atoms with Crippen molar-refractivity contribution in [1.82, 2.24) is 4.31 Å². The van der Waals surface area contributed by atoms with E-state index in [1.807, 2.05) is 30.3 Å². The first kappa shape index (κ1) is 16.5. The minimum absolute atomic E-state index is 0.138. The van der Waals surface area contributed by atoms with Crippen molar-refractivity contribution < 1.29 is 8.42 Å². The van der Waals surface area contributed by atoms with Crippen molar-refractivity contribution in [2.24, 2.45) is 0 Å². The van der Waals surface area contributed by atoms with Gasteiger partial charge in [-0.15, -0.1) is 0 Å². The number of benzene rings is 1. The van der Waals surface area contributed by atoms with E-state index in [0.29, 0.717) is 6.54 Å². The second-order valence-corrected chi connectivity index (χ2v) is 7.92. The number of nitrogens with zero attached hydrogens (tertiary/aromatic N) is 1. The largest absolute Gasteiger partial charge is 0.218 e. The van der Waals surface area contributed by atoms with Gasteiger partial charge in [0.05, 0.1) is 5.75 Å². The van der Waals surface area contributed by atoms with Crippen LogP contribution in [-0.4, -0.2) is 25.3 Å². The molecule has 0 N–H and O–H groups in total. The van der Waals surface area contributed by atoms with Gasteiger partial charge in [-0.25, -0.2) is 8.42 Å². The Hall–Kier alpha value is -0.870. The molecule has 1 fully saturated rings. The number of sulfonamides is 1. The summed E-state index contributed by atoms with van der Waals surface area (Å²) in [6.45, 7) is 2.90. The molecule has 0 radical (unpaired) electrons. The maximum absolute atomic E-state index is 12.6. The molecule has 1 aromatic rings. The van der Waals surface area contributed by atoms with Gasteiger partial charge in [-0.05, 0) is 24.8 Å². The molecule has 118 valence electrons. The smallest absolute Gasteiger partial charge is 0.212 e. The number of hydrogen-bond donors (Lipinski definition) is 0. The highest BCUT2D eigenvalue weighted by atomic mass is 32.2. The van der Waals surface area contributed by atoms with Crippen LogP contribution in [0.5, 0.6) is 0 Å². The molecular weight excluding hydrogens is 282 g/mol. The maximum atomic E-state index is 12.6. The van der Waals surface area contributed by atoms with Crippen LogP contribution >= 0.6 is 0 Å². The highest BCUT2D eigenvalue weighted by Gasteiger charge is 2.33. The zero-order valence-electron chi connectivity index (χ0n) is 13.0. The van der Waals surface area contributed by atoms with Gasteiger partial charge >= 0.3 is 0 Å². The molecule has 4 heteroatoms. The third kappa shape index (κ3) is 4.82. The molecule has 2 rings (SSSR count). The predicted molar refractivity (Wildman–Crippen MR) is 87.6 cm³/mol. The molecule has 21 heavy (non-hydrogen) atoms. The van der Waals surface area contributed by atoms with E-state index in [1.165, 1.54) is 19.3 Å². The van der Waals surface area contributed by atoms with Gasteiger partial charge in [0, 0.05) is 12.6 Å². The summed E-state index contributed by atoms with van der Waals surface area (Å²) >= 11 is 0. The topological polar surface area (TPSA) is 37.4 Å².